The van der Waals surface area contributed by atoms with Crippen LogP contribution in [0.5, 0.6) is 0 Å². The predicted molar refractivity (Wildman–Crippen MR) is 75.9 cm³/mol. The van der Waals surface area contributed by atoms with Crippen LogP contribution in [0.1, 0.15) is 18.3 Å². The molecule has 0 aliphatic heterocycles. The number of aromatic amines is 1. The molecule has 0 saturated carbocycles. The summed E-state index contributed by atoms with van der Waals surface area (Å²) in [7, 11) is 0. The van der Waals surface area contributed by atoms with Crippen LogP contribution in [0, 0.1) is 4.77 Å². The fraction of sp³-hybridized carbons (Fsp3) is 0.250. The summed E-state index contributed by atoms with van der Waals surface area (Å²) in [5.41, 5.74) is 1.86. The standard InChI is InChI=1S/C12H15N5OS/c1-9(10-5-3-2-4-6-10)16-18-8-7-11-14-15-12(19)17(11)13/h2-6H,7-8,13H2,1H3,(H,15,19)/b16-9+. The SMILES string of the molecule is C/C(=N\OCCc1n[nH]c(=S)n1N)c1ccccc1. The predicted octanol–water partition coefficient (Wildman–Crippen LogP) is 1.64. The second-order valence-electron chi connectivity index (χ2n) is 3.94. The molecule has 0 saturated heterocycles. The first kappa shape index (κ1) is 13.3. The first-order chi connectivity index (χ1) is 9.18. The Morgan fingerprint density at radius 2 is 2.21 bits per heavy atom. The average molecular weight is 277 g/mol. The van der Waals surface area contributed by atoms with Crippen LogP contribution in [0.4, 0.5) is 0 Å². The number of hydrogen-bond acceptors (Lipinski definition) is 5. The molecular weight excluding hydrogens is 262 g/mol. The maximum Gasteiger partial charge on any atom is 0.214 e. The Morgan fingerprint density at radius 1 is 1.47 bits per heavy atom. The van der Waals surface area contributed by atoms with E-state index in [4.69, 9.17) is 22.9 Å². The van der Waals surface area contributed by atoms with Gasteiger partial charge in [-0.25, -0.2) is 4.68 Å². The second-order valence-corrected chi connectivity index (χ2v) is 4.33. The lowest BCUT2D eigenvalue weighted by Crippen LogP contribution is -2.14. The van der Waals surface area contributed by atoms with Gasteiger partial charge in [-0.15, -0.1) is 0 Å². The molecular formula is C12H15N5OS. The second kappa shape index (κ2) is 6.14. The molecule has 1 aromatic carbocycles. The third kappa shape index (κ3) is 3.41. The molecule has 6 nitrogen and oxygen atoms in total. The number of nitrogens with one attached hydrogen (secondary N) is 1. The summed E-state index contributed by atoms with van der Waals surface area (Å²) in [6.45, 7) is 2.29. The van der Waals surface area contributed by atoms with E-state index in [0.717, 1.165) is 11.3 Å². The number of oxime groups is 1. The number of rotatable bonds is 5. The van der Waals surface area contributed by atoms with Crippen LogP contribution in [0.25, 0.3) is 0 Å². The molecule has 2 rings (SSSR count). The van der Waals surface area contributed by atoms with E-state index >= 15 is 0 Å². The molecule has 0 bridgehead atoms. The fourth-order valence-electron chi connectivity index (χ4n) is 1.53. The molecule has 3 N–H and O–H groups in total. The number of benzene rings is 1. The first-order valence-corrected chi connectivity index (χ1v) is 6.22. The third-order valence-corrected chi connectivity index (χ3v) is 2.88. The molecule has 1 aromatic heterocycles. The smallest absolute Gasteiger partial charge is 0.214 e. The van der Waals surface area contributed by atoms with E-state index in [1.165, 1.54) is 4.68 Å². The summed E-state index contributed by atoms with van der Waals surface area (Å²) in [6.07, 6.45) is 0.537. The Labute approximate surface area is 115 Å². The Morgan fingerprint density at radius 3 is 2.84 bits per heavy atom. The molecule has 100 valence electrons. The van der Waals surface area contributed by atoms with Crippen molar-refractivity contribution in [1.29, 1.82) is 0 Å². The summed E-state index contributed by atoms with van der Waals surface area (Å²) < 4.78 is 1.71. The van der Waals surface area contributed by atoms with Crippen molar-refractivity contribution in [2.75, 3.05) is 12.4 Å². The minimum atomic E-state index is 0.388. The monoisotopic (exact) mass is 277 g/mol. The highest BCUT2D eigenvalue weighted by molar-refractivity contribution is 7.71. The van der Waals surface area contributed by atoms with Crippen LogP contribution in [0.2, 0.25) is 0 Å². The minimum absolute atomic E-state index is 0.388. The minimum Gasteiger partial charge on any atom is -0.395 e. The molecule has 0 atom stereocenters. The highest BCUT2D eigenvalue weighted by atomic mass is 32.1. The van der Waals surface area contributed by atoms with Crippen molar-refractivity contribution in [2.24, 2.45) is 5.16 Å². The van der Waals surface area contributed by atoms with Crippen LogP contribution in [0.3, 0.4) is 0 Å². The van der Waals surface area contributed by atoms with Crippen LogP contribution < -0.4 is 5.84 Å². The third-order valence-electron chi connectivity index (χ3n) is 2.59. The van der Waals surface area contributed by atoms with E-state index in [0.29, 0.717) is 23.6 Å². The summed E-state index contributed by atoms with van der Waals surface area (Å²) >= 11 is 4.91. The summed E-state index contributed by atoms with van der Waals surface area (Å²) in [5, 5.41) is 10.6. The molecule has 0 aliphatic carbocycles. The topological polar surface area (TPSA) is 81.2 Å². The van der Waals surface area contributed by atoms with Crippen molar-refractivity contribution in [3.05, 3.63) is 46.5 Å². The zero-order valence-corrected chi connectivity index (χ0v) is 11.4. The van der Waals surface area contributed by atoms with Crippen molar-refractivity contribution >= 4 is 17.9 Å². The van der Waals surface area contributed by atoms with Gasteiger partial charge in [-0.05, 0) is 24.7 Å². The maximum atomic E-state index is 5.66. The maximum absolute atomic E-state index is 5.66. The van der Waals surface area contributed by atoms with Crippen LogP contribution in [0.15, 0.2) is 35.5 Å². The molecule has 0 spiro atoms. The number of aromatic nitrogens is 3. The van der Waals surface area contributed by atoms with Crippen molar-refractivity contribution in [3.8, 4) is 0 Å². The Balaban J connectivity index is 1.87. The van der Waals surface area contributed by atoms with Gasteiger partial charge < -0.3 is 10.7 Å². The largest absolute Gasteiger partial charge is 0.395 e. The van der Waals surface area contributed by atoms with Gasteiger partial charge in [0.1, 0.15) is 6.61 Å². The van der Waals surface area contributed by atoms with Gasteiger partial charge in [0.2, 0.25) is 4.77 Å². The average Bonchev–Trinajstić information content (AvgIpc) is 2.76. The molecule has 19 heavy (non-hydrogen) atoms. The van der Waals surface area contributed by atoms with Crippen LogP contribution in [-0.4, -0.2) is 27.2 Å². The summed E-state index contributed by atoms with van der Waals surface area (Å²) in [6, 6.07) is 9.84. The zero-order chi connectivity index (χ0) is 13.7. The number of hydrogen-bond donors (Lipinski definition) is 2. The van der Waals surface area contributed by atoms with E-state index < -0.39 is 0 Å². The van der Waals surface area contributed by atoms with E-state index in [9.17, 15) is 0 Å². The lowest BCUT2D eigenvalue weighted by molar-refractivity contribution is 0.146. The van der Waals surface area contributed by atoms with Crippen molar-refractivity contribution < 1.29 is 4.84 Å². The van der Waals surface area contributed by atoms with Gasteiger partial charge in [-0.1, -0.05) is 35.5 Å². The molecule has 2 aromatic rings. The van der Waals surface area contributed by atoms with E-state index in [1.807, 2.05) is 37.3 Å². The van der Waals surface area contributed by atoms with Gasteiger partial charge in [0, 0.05) is 6.42 Å². The molecule has 0 amide bonds. The van der Waals surface area contributed by atoms with Crippen molar-refractivity contribution in [2.45, 2.75) is 13.3 Å². The van der Waals surface area contributed by atoms with Gasteiger partial charge in [-0.3, -0.25) is 5.10 Å². The van der Waals surface area contributed by atoms with Gasteiger partial charge in [-0.2, -0.15) is 5.10 Å². The molecule has 7 heteroatoms. The first-order valence-electron chi connectivity index (χ1n) is 5.82. The van der Waals surface area contributed by atoms with Crippen molar-refractivity contribution in [1.82, 2.24) is 14.9 Å². The van der Waals surface area contributed by atoms with Gasteiger partial charge in [0.05, 0.1) is 5.71 Å². The van der Waals surface area contributed by atoms with E-state index in [1.54, 1.807) is 0 Å². The Bertz CT molecular complexity index is 617. The number of H-pyrrole nitrogens is 1. The molecule has 1 heterocycles. The van der Waals surface area contributed by atoms with Gasteiger partial charge in [0.25, 0.3) is 0 Å². The van der Waals surface area contributed by atoms with Crippen molar-refractivity contribution in [3.63, 3.8) is 0 Å². The summed E-state index contributed by atoms with van der Waals surface area (Å²) in [5.74, 6) is 6.30. The Kier molecular flexibility index (Phi) is 4.30. The lowest BCUT2D eigenvalue weighted by atomic mass is 10.1. The summed E-state index contributed by atoms with van der Waals surface area (Å²) in [4.78, 5) is 5.25. The van der Waals surface area contributed by atoms with Crippen LogP contribution >= 0.6 is 12.2 Å². The molecule has 0 aliphatic rings. The number of nitrogen functional groups attached to an aromatic ring is 1. The molecule has 0 unspecified atom stereocenters. The van der Waals surface area contributed by atoms with Gasteiger partial charge >= 0.3 is 0 Å². The fourth-order valence-corrected chi connectivity index (χ4v) is 1.68. The normalized spacial score (nSPS) is 11.5. The quantitative estimate of drug-likeness (QED) is 0.286. The molecule has 0 fully saturated rings. The Hall–Kier alpha value is -2.15. The number of nitrogens with zero attached hydrogens (tertiary/aromatic N) is 3. The van der Waals surface area contributed by atoms with E-state index in [-0.39, 0.29) is 0 Å². The number of nitrogens with two attached hydrogens (primary N) is 1. The highest BCUT2D eigenvalue weighted by Gasteiger charge is 2.02. The van der Waals surface area contributed by atoms with E-state index in [2.05, 4.69) is 15.4 Å². The zero-order valence-electron chi connectivity index (χ0n) is 10.5. The van der Waals surface area contributed by atoms with Gasteiger partial charge in [0.15, 0.2) is 5.82 Å². The molecule has 0 radical (unpaired) electrons. The highest BCUT2D eigenvalue weighted by Crippen LogP contribution is 2.01. The van der Waals surface area contributed by atoms with Crippen LogP contribution in [-0.2, 0) is 11.3 Å². The lowest BCUT2D eigenvalue weighted by Gasteiger charge is -2.02.